The minimum absolute atomic E-state index is 0.470. The first-order chi connectivity index (χ1) is 10.8. The molecular weight excluding hydrogens is 300 g/mol. The molecule has 0 saturated heterocycles. The fourth-order valence-electron chi connectivity index (χ4n) is 3.39. The molecule has 7 nitrogen and oxygen atoms in total. The van der Waals surface area contributed by atoms with E-state index in [0.717, 1.165) is 6.42 Å². The summed E-state index contributed by atoms with van der Waals surface area (Å²) in [7, 11) is 1.26. The van der Waals surface area contributed by atoms with Gasteiger partial charge in [-0.05, 0) is 30.6 Å². The maximum Gasteiger partial charge on any atom is 0.328 e. The fourth-order valence-corrected chi connectivity index (χ4v) is 3.39. The van der Waals surface area contributed by atoms with Crippen LogP contribution in [0.3, 0.4) is 0 Å². The third-order valence-corrected chi connectivity index (χ3v) is 4.86. The number of ether oxygens (including phenoxy) is 1. The molecule has 0 radical (unpaired) electrons. The van der Waals surface area contributed by atoms with Crippen molar-refractivity contribution in [2.75, 3.05) is 7.11 Å². The number of hydrogen-bond acceptors (Lipinski definition) is 5. The van der Waals surface area contributed by atoms with Crippen molar-refractivity contribution in [3.05, 3.63) is 0 Å². The molecule has 4 N–H and O–H groups in total. The second-order valence-corrected chi connectivity index (χ2v) is 6.56. The average molecular weight is 328 g/mol. The lowest BCUT2D eigenvalue weighted by atomic mass is 9.86. The zero-order valence-corrected chi connectivity index (χ0v) is 14.1. The van der Waals surface area contributed by atoms with Gasteiger partial charge in [-0.1, -0.05) is 26.7 Å². The van der Waals surface area contributed by atoms with E-state index >= 15 is 0 Å². The van der Waals surface area contributed by atoms with Gasteiger partial charge in [0.2, 0.25) is 5.91 Å². The maximum atomic E-state index is 11.9. The summed E-state index contributed by atoms with van der Waals surface area (Å²) >= 11 is 0. The third kappa shape index (κ3) is 5.82. The molecule has 7 heteroatoms. The highest BCUT2D eigenvalue weighted by molar-refractivity contribution is 5.89. The van der Waals surface area contributed by atoms with Crippen molar-refractivity contribution in [1.29, 1.82) is 0 Å². The molecule has 0 aromatic carbocycles. The minimum Gasteiger partial charge on any atom is -0.481 e. The lowest BCUT2D eigenvalue weighted by molar-refractivity contribution is -0.145. The first-order valence-corrected chi connectivity index (χ1v) is 8.11. The Hall–Kier alpha value is -1.63. The van der Waals surface area contributed by atoms with Gasteiger partial charge in [-0.15, -0.1) is 0 Å². The van der Waals surface area contributed by atoms with Crippen molar-refractivity contribution >= 4 is 17.8 Å². The minimum atomic E-state index is -1.18. The van der Waals surface area contributed by atoms with Crippen LogP contribution < -0.4 is 11.1 Å². The smallest absolute Gasteiger partial charge is 0.328 e. The number of aliphatic carboxylic acids is 1. The second-order valence-electron chi connectivity index (χ2n) is 6.56. The average Bonchev–Trinajstić information content (AvgIpc) is 2.80. The summed E-state index contributed by atoms with van der Waals surface area (Å²) in [5.41, 5.74) is 5.53. The number of rotatable bonds is 8. The molecule has 0 aromatic heterocycles. The highest BCUT2D eigenvalue weighted by Gasteiger charge is 2.32. The Morgan fingerprint density at radius 3 is 2.30 bits per heavy atom. The van der Waals surface area contributed by atoms with Gasteiger partial charge in [0.15, 0.2) is 0 Å². The van der Waals surface area contributed by atoms with Crippen molar-refractivity contribution < 1.29 is 24.2 Å². The van der Waals surface area contributed by atoms with E-state index in [0.29, 0.717) is 24.2 Å². The Morgan fingerprint density at radius 1 is 1.26 bits per heavy atom. The molecule has 0 heterocycles. The topological polar surface area (TPSA) is 119 Å². The van der Waals surface area contributed by atoms with Crippen LogP contribution in [-0.4, -0.2) is 42.1 Å². The highest BCUT2D eigenvalue weighted by Crippen LogP contribution is 2.39. The van der Waals surface area contributed by atoms with Crippen LogP contribution in [0.2, 0.25) is 0 Å². The lowest BCUT2D eigenvalue weighted by Gasteiger charge is -2.24. The number of hydrogen-bond donors (Lipinski definition) is 3. The molecule has 0 aromatic rings. The number of amides is 1. The highest BCUT2D eigenvalue weighted by atomic mass is 16.5. The van der Waals surface area contributed by atoms with Gasteiger partial charge >= 0.3 is 11.9 Å². The first kappa shape index (κ1) is 19.4. The largest absolute Gasteiger partial charge is 0.481 e. The van der Waals surface area contributed by atoms with Crippen molar-refractivity contribution in [3.63, 3.8) is 0 Å². The number of nitrogens with one attached hydrogen (secondary N) is 1. The van der Waals surface area contributed by atoms with Crippen LogP contribution in [-0.2, 0) is 19.1 Å². The van der Waals surface area contributed by atoms with Crippen LogP contribution in [0.1, 0.15) is 46.0 Å². The molecule has 1 fully saturated rings. The van der Waals surface area contributed by atoms with E-state index in [1.54, 1.807) is 0 Å². The van der Waals surface area contributed by atoms with Crippen molar-refractivity contribution in [3.8, 4) is 0 Å². The Morgan fingerprint density at radius 2 is 1.83 bits per heavy atom. The summed E-state index contributed by atoms with van der Waals surface area (Å²) in [5, 5.41) is 11.2. The summed E-state index contributed by atoms with van der Waals surface area (Å²) in [6.45, 7) is 4.42. The van der Waals surface area contributed by atoms with Crippen LogP contribution >= 0.6 is 0 Å². The number of esters is 1. The van der Waals surface area contributed by atoms with Gasteiger partial charge in [-0.3, -0.25) is 9.59 Å². The molecule has 0 spiro atoms. The maximum absolute atomic E-state index is 11.9. The zero-order valence-electron chi connectivity index (χ0n) is 14.1. The first-order valence-electron chi connectivity index (χ1n) is 8.11. The van der Waals surface area contributed by atoms with Crippen molar-refractivity contribution in [2.45, 2.75) is 58.0 Å². The Balaban J connectivity index is 2.60. The SMILES string of the molecule is COC(=O)C(CCC1C(C)CCC1C)NC(=O)[C@@H](N)CC(=O)O. The van der Waals surface area contributed by atoms with Crippen LogP contribution in [0.4, 0.5) is 0 Å². The lowest BCUT2D eigenvalue weighted by Crippen LogP contribution is -2.49. The molecule has 1 aliphatic rings. The molecule has 4 atom stereocenters. The Labute approximate surface area is 136 Å². The van der Waals surface area contributed by atoms with E-state index in [-0.39, 0.29) is 0 Å². The van der Waals surface area contributed by atoms with Crippen LogP contribution in [0.25, 0.3) is 0 Å². The summed E-state index contributed by atoms with van der Waals surface area (Å²) < 4.78 is 4.73. The normalized spacial score (nSPS) is 26.3. The molecule has 0 bridgehead atoms. The number of carbonyl (C=O) groups is 3. The van der Waals surface area contributed by atoms with Gasteiger partial charge in [-0.25, -0.2) is 4.79 Å². The number of methoxy groups -OCH3 is 1. The summed E-state index contributed by atoms with van der Waals surface area (Å²) in [6, 6.07) is -1.96. The van der Waals surface area contributed by atoms with Crippen molar-refractivity contribution in [1.82, 2.24) is 5.32 Å². The van der Waals surface area contributed by atoms with Gasteiger partial charge in [0.1, 0.15) is 6.04 Å². The number of nitrogens with two attached hydrogens (primary N) is 1. The summed E-state index contributed by atoms with van der Waals surface area (Å²) in [4.78, 5) is 34.4. The van der Waals surface area contributed by atoms with Gasteiger partial charge in [0, 0.05) is 0 Å². The van der Waals surface area contributed by atoms with E-state index in [1.807, 2.05) is 0 Å². The monoisotopic (exact) mass is 328 g/mol. The predicted molar refractivity (Wildman–Crippen MR) is 84.5 cm³/mol. The van der Waals surface area contributed by atoms with E-state index < -0.39 is 36.4 Å². The molecule has 1 amide bonds. The van der Waals surface area contributed by atoms with E-state index in [4.69, 9.17) is 15.6 Å². The van der Waals surface area contributed by atoms with Gasteiger partial charge in [0.25, 0.3) is 0 Å². The molecule has 1 aliphatic carbocycles. The quantitative estimate of drug-likeness (QED) is 0.570. The van der Waals surface area contributed by atoms with E-state index in [2.05, 4.69) is 19.2 Å². The summed E-state index contributed by atoms with van der Waals surface area (Å²) in [6.07, 6.45) is 3.18. The van der Waals surface area contributed by atoms with E-state index in [1.165, 1.54) is 20.0 Å². The number of carbonyl (C=O) groups excluding carboxylic acids is 2. The molecule has 1 rings (SSSR count). The van der Waals surface area contributed by atoms with Gasteiger partial charge in [0.05, 0.1) is 19.6 Å². The van der Waals surface area contributed by atoms with Crippen LogP contribution in [0.15, 0.2) is 0 Å². The standard InChI is InChI=1S/C16H28N2O5/c1-9-4-5-10(2)11(9)6-7-13(16(22)23-3)18-15(21)12(17)8-14(19)20/h9-13H,4-8,17H2,1-3H3,(H,18,21)(H,19,20)/t9?,10?,11?,12-,13?/m0/s1. The number of carboxylic acid groups (broad SMARTS) is 1. The molecule has 1 saturated carbocycles. The summed E-state index contributed by atoms with van der Waals surface area (Å²) in [5.74, 6) is -0.598. The van der Waals surface area contributed by atoms with Crippen LogP contribution in [0.5, 0.6) is 0 Å². The predicted octanol–water partition coefficient (Wildman–Crippen LogP) is 0.909. The molecular formula is C16H28N2O5. The Kier molecular flexibility index (Phi) is 7.48. The zero-order chi connectivity index (χ0) is 17.6. The second kappa shape index (κ2) is 8.86. The third-order valence-electron chi connectivity index (χ3n) is 4.86. The fraction of sp³-hybridized carbons (Fsp3) is 0.812. The van der Waals surface area contributed by atoms with Gasteiger partial charge in [-0.2, -0.15) is 0 Å². The molecule has 0 aliphatic heterocycles. The number of carboxylic acids is 1. The molecule has 3 unspecified atom stereocenters. The van der Waals surface area contributed by atoms with E-state index in [9.17, 15) is 14.4 Å². The molecule has 23 heavy (non-hydrogen) atoms. The van der Waals surface area contributed by atoms with Crippen molar-refractivity contribution in [2.24, 2.45) is 23.5 Å². The Bertz CT molecular complexity index is 430. The molecule has 132 valence electrons. The van der Waals surface area contributed by atoms with Gasteiger partial charge < -0.3 is 20.9 Å². The van der Waals surface area contributed by atoms with Crippen LogP contribution in [0, 0.1) is 17.8 Å².